The van der Waals surface area contributed by atoms with Gasteiger partial charge in [-0.2, -0.15) is 9.97 Å². The highest BCUT2D eigenvalue weighted by Gasteiger charge is 2.39. The number of halogens is 1. The van der Waals surface area contributed by atoms with Crippen molar-refractivity contribution in [2.24, 2.45) is 0 Å². The summed E-state index contributed by atoms with van der Waals surface area (Å²) < 4.78 is 34.3. The summed E-state index contributed by atoms with van der Waals surface area (Å²) in [6.45, 7) is 0. The van der Waals surface area contributed by atoms with Gasteiger partial charge in [0.1, 0.15) is 5.66 Å². The van der Waals surface area contributed by atoms with Crippen molar-refractivity contribution >= 4 is 36.9 Å². The fraction of sp³-hybridized carbons (Fsp3) is 0.227. The summed E-state index contributed by atoms with van der Waals surface area (Å²) in [5.41, 5.74) is -0.282. The van der Waals surface area contributed by atoms with Gasteiger partial charge in [-0.1, -0.05) is 48.0 Å². The van der Waals surface area contributed by atoms with Gasteiger partial charge in [0.05, 0.1) is 30.9 Å². The maximum absolute atomic E-state index is 13.5. The number of hydrogen-bond donors (Lipinski definition) is 1. The predicted octanol–water partition coefficient (Wildman–Crippen LogP) is 5.57. The van der Waals surface area contributed by atoms with Crippen molar-refractivity contribution < 1.29 is 33.0 Å². The molecule has 0 saturated carbocycles. The second-order valence-corrected chi connectivity index (χ2v) is 10.4. The first-order valence-electron chi connectivity index (χ1n) is 9.74. The van der Waals surface area contributed by atoms with Gasteiger partial charge >= 0.3 is 13.6 Å². The van der Waals surface area contributed by atoms with E-state index in [-0.39, 0.29) is 38.0 Å². The molecule has 9 nitrogen and oxygen atoms in total. The van der Waals surface area contributed by atoms with Crippen molar-refractivity contribution in [3.05, 3.63) is 70.2 Å². The van der Waals surface area contributed by atoms with Gasteiger partial charge in [0, 0.05) is 19.1 Å². The van der Waals surface area contributed by atoms with E-state index in [1.807, 2.05) is 0 Å². The third kappa shape index (κ3) is 5.37. The first-order chi connectivity index (χ1) is 16.3. The van der Waals surface area contributed by atoms with Crippen LogP contribution in [0.1, 0.15) is 27.1 Å². The molecule has 0 fully saturated rings. The van der Waals surface area contributed by atoms with Gasteiger partial charge in [-0.05, 0) is 29.0 Å². The van der Waals surface area contributed by atoms with Crippen LogP contribution in [0.15, 0.2) is 58.6 Å². The Kier molecular flexibility index (Phi) is 8.57. The molecule has 1 unspecified atom stereocenters. The van der Waals surface area contributed by atoms with Gasteiger partial charge in [-0.25, -0.2) is 4.79 Å². The van der Waals surface area contributed by atoms with Crippen molar-refractivity contribution in [3.8, 4) is 11.8 Å². The molecule has 180 valence electrons. The molecule has 2 aromatic carbocycles. The van der Waals surface area contributed by atoms with E-state index in [4.69, 9.17) is 30.1 Å². The Morgan fingerprint density at radius 1 is 1.00 bits per heavy atom. The molecule has 34 heavy (non-hydrogen) atoms. The average Bonchev–Trinajstić information content (AvgIpc) is 2.85. The maximum atomic E-state index is 13.5. The minimum Gasteiger partial charge on any atom is -0.481 e. The van der Waals surface area contributed by atoms with Gasteiger partial charge in [-0.15, -0.1) is 0 Å². The number of carbonyl (C=O) groups is 1. The number of aromatic carboxylic acids is 1. The molecule has 0 amide bonds. The zero-order valence-electron chi connectivity index (χ0n) is 18.7. The van der Waals surface area contributed by atoms with Gasteiger partial charge in [0.2, 0.25) is 11.8 Å². The van der Waals surface area contributed by atoms with Crippen molar-refractivity contribution in [1.82, 2.24) is 9.97 Å². The molecular formula is C22H22ClN2O7PS. The number of rotatable bonds is 10. The number of carboxylic acids is 1. The van der Waals surface area contributed by atoms with E-state index in [9.17, 15) is 14.5 Å². The smallest absolute Gasteiger partial charge is 0.341 e. The Morgan fingerprint density at radius 3 is 2.09 bits per heavy atom. The zero-order chi connectivity index (χ0) is 24.9. The molecule has 1 atom stereocenters. The summed E-state index contributed by atoms with van der Waals surface area (Å²) in [6.07, 6.45) is 0. The van der Waals surface area contributed by atoms with E-state index in [0.29, 0.717) is 5.56 Å². The minimum atomic E-state index is -3.76. The van der Waals surface area contributed by atoms with Crippen molar-refractivity contribution in [2.45, 2.75) is 15.7 Å². The first kappa shape index (κ1) is 26.0. The summed E-state index contributed by atoms with van der Waals surface area (Å²) in [4.78, 5) is 21.0. The minimum absolute atomic E-state index is 0.101. The highest BCUT2D eigenvalue weighted by molar-refractivity contribution is 7.99. The molecule has 1 N–H and O–H groups in total. The number of carboxylic acid groups (broad SMARTS) is 1. The second kappa shape index (κ2) is 11.2. The monoisotopic (exact) mass is 524 g/mol. The van der Waals surface area contributed by atoms with Gasteiger partial charge < -0.3 is 23.6 Å². The predicted molar refractivity (Wildman–Crippen MR) is 128 cm³/mol. The lowest BCUT2D eigenvalue weighted by atomic mass is 10.0. The Labute approximate surface area is 205 Å². The van der Waals surface area contributed by atoms with E-state index in [0.717, 1.165) is 11.8 Å². The molecule has 0 radical (unpaired) electrons. The highest BCUT2D eigenvalue weighted by Crippen LogP contribution is 2.63. The quantitative estimate of drug-likeness (QED) is 0.266. The highest BCUT2D eigenvalue weighted by atomic mass is 35.5. The maximum Gasteiger partial charge on any atom is 0.341 e. The van der Waals surface area contributed by atoms with E-state index in [1.165, 1.54) is 34.5 Å². The number of methoxy groups -OCH3 is 2. The number of benzene rings is 2. The summed E-state index contributed by atoms with van der Waals surface area (Å²) >= 11 is 7.61. The van der Waals surface area contributed by atoms with Crippen LogP contribution in [0.2, 0.25) is 5.02 Å². The van der Waals surface area contributed by atoms with Crippen molar-refractivity contribution in [1.29, 1.82) is 0 Å². The largest absolute Gasteiger partial charge is 0.481 e. The van der Waals surface area contributed by atoms with Crippen LogP contribution in [-0.2, 0) is 13.6 Å². The molecule has 0 bridgehead atoms. The lowest BCUT2D eigenvalue weighted by Crippen LogP contribution is -2.10. The lowest BCUT2D eigenvalue weighted by Gasteiger charge is -2.26. The molecular weight excluding hydrogens is 503 g/mol. The standard InChI is InChI=1S/C22H22ClN2O7PS/c1-29-16-12-17(30-2)25-22(24-16)34-15-11-10-14(19(23)18(15)21(26)27)20(33(28,31-3)32-4)13-8-6-5-7-9-13/h5-12,20H,1-4H3,(H,26,27). The van der Waals surface area contributed by atoms with Gasteiger partial charge in [0.25, 0.3) is 0 Å². The van der Waals surface area contributed by atoms with Gasteiger partial charge in [0.15, 0.2) is 5.16 Å². The van der Waals surface area contributed by atoms with Crippen LogP contribution in [-0.4, -0.2) is 49.5 Å². The van der Waals surface area contributed by atoms with Crippen LogP contribution in [0.25, 0.3) is 0 Å². The molecule has 1 heterocycles. The lowest BCUT2D eigenvalue weighted by molar-refractivity contribution is 0.0693. The van der Waals surface area contributed by atoms with Crippen LogP contribution in [0.3, 0.4) is 0 Å². The molecule has 0 aliphatic rings. The third-order valence-corrected chi connectivity index (χ3v) is 8.42. The molecule has 3 aromatic rings. The van der Waals surface area contributed by atoms with Crippen LogP contribution < -0.4 is 9.47 Å². The molecule has 0 aliphatic carbocycles. The first-order valence-corrected chi connectivity index (χ1v) is 12.5. The number of nitrogens with zero attached hydrogens (tertiary/aromatic N) is 2. The van der Waals surface area contributed by atoms with Crippen LogP contribution in [0.5, 0.6) is 11.8 Å². The molecule has 1 aromatic heterocycles. The van der Waals surface area contributed by atoms with Gasteiger partial charge in [-0.3, -0.25) is 4.57 Å². The van der Waals surface area contributed by atoms with Crippen LogP contribution in [0, 0.1) is 0 Å². The van der Waals surface area contributed by atoms with E-state index in [2.05, 4.69) is 9.97 Å². The molecule has 3 rings (SSSR count). The Bertz CT molecular complexity index is 1200. The van der Waals surface area contributed by atoms with E-state index >= 15 is 0 Å². The Morgan fingerprint density at radius 2 is 1.59 bits per heavy atom. The van der Waals surface area contributed by atoms with E-state index in [1.54, 1.807) is 42.5 Å². The second-order valence-electron chi connectivity index (χ2n) is 6.70. The summed E-state index contributed by atoms with van der Waals surface area (Å²) in [5, 5.41) is 10.1. The molecule has 0 spiro atoms. The third-order valence-electron chi connectivity index (χ3n) is 4.86. The van der Waals surface area contributed by atoms with E-state index < -0.39 is 19.2 Å². The summed E-state index contributed by atoms with van der Waals surface area (Å²) in [7, 11) is 1.66. The number of hydrogen-bond acceptors (Lipinski definition) is 9. The van der Waals surface area contributed by atoms with Crippen molar-refractivity contribution in [3.63, 3.8) is 0 Å². The molecule has 0 aliphatic heterocycles. The SMILES string of the molecule is COc1cc(OC)nc(Sc2ccc(C(c3ccccc3)P(=O)(OC)OC)c(Cl)c2C(=O)O)n1. The van der Waals surface area contributed by atoms with Crippen LogP contribution >= 0.6 is 31.0 Å². The zero-order valence-corrected chi connectivity index (χ0v) is 21.2. The van der Waals surface area contributed by atoms with Crippen LogP contribution in [0.4, 0.5) is 0 Å². The molecule has 0 saturated heterocycles. The summed E-state index contributed by atoms with van der Waals surface area (Å²) in [5.74, 6) is -0.779. The topological polar surface area (TPSA) is 117 Å². The average molecular weight is 525 g/mol. The number of ether oxygens (including phenoxy) is 2. The Hall–Kier alpha value is -2.62. The van der Waals surface area contributed by atoms with Crippen molar-refractivity contribution in [2.75, 3.05) is 28.4 Å². The summed E-state index contributed by atoms with van der Waals surface area (Å²) in [6, 6.07) is 13.5. The Balaban J connectivity index is 2.17. The fourth-order valence-electron chi connectivity index (χ4n) is 3.26. The number of aromatic nitrogens is 2. The fourth-order valence-corrected chi connectivity index (χ4v) is 6.31. The normalized spacial score (nSPS) is 12.3. The molecule has 12 heteroatoms.